The van der Waals surface area contributed by atoms with E-state index < -0.39 is 5.82 Å². The van der Waals surface area contributed by atoms with Crippen molar-refractivity contribution in [1.29, 1.82) is 0 Å². The molecule has 1 saturated carbocycles. The highest BCUT2D eigenvalue weighted by Crippen LogP contribution is 2.19. The molecule has 0 aromatic heterocycles. The van der Waals surface area contributed by atoms with Gasteiger partial charge in [0.05, 0.1) is 11.3 Å². The Bertz CT molecular complexity index is 530. The van der Waals surface area contributed by atoms with Gasteiger partial charge in [0.1, 0.15) is 12.4 Å². The fourth-order valence-electron chi connectivity index (χ4n) is 1.76. The molecule has 0 aliphatic heterocycles. The summed E-state index contributed by atoms with van der Waals surface area (Å²) in [6.45, 7) is -0.315. The van der Waals surface area contributed by atoms with Crippen molar-refractivity contribution in [2.24, 2.45) is 0 Å². The highest BCUT2D eigenvalue weighted by molar-refractivity contribution is 5.91. The molecule has 1 fully saturated rings. The molecule has 0 heterocycles. The molecule has 2 amide bonds. The highest BCUT2D eigenvalue weighted by Gasteiger charge is 2.19. The van der Waals surface area contributed by atoms with Crippen LogP contribution in [0.25, 0.3) is 0 Å². The van der Waals surface area contributed by atoms with Gasteiger partial charge in [-0.15, -0.1) is 0 Å². The number of rotatable bonds is 2. The van der Waals surface area contributed by atoms with Crippen molar-refractivity contribution in [3.8, 4) is 11.8 Å². The van der Waals surface area contributed by atoms with Crippen molar-refractivity contribution in [1.82, 2.24) is 5.32 Å². The average Bonchev–Trinajstić information content (AvgIpc) is 2.34. The largest absolute Gasteiger partial charge is 0.384 e. The minimum atomic E-state index is -0.438. The number of halogens is 1. The van der Waals surface area contributed by atoms with Gasteiger partial charge in [-0.1, -0.05) is 11.8 Å². The first-order valence-corrected chi connectivity index (χ1v) is 6.16. The van der Waals surface area contributed by atoms with E-state index >= 15 is 0 Å². The maximum atomic E-state index is 13.1. The van der Waals surface area contributed by atoms with E-state index in [0.717, 1.165) is 19.3 Å². The molecule has 0 bridgehead atoms. The number of carbonyl (C=O) groups excluding carboxylic acids is 1. The van der Waals surface area contributed by atoms with Gasteiger partial charge in [-0.25, -0.2) is 9.18 Å². The maximum absolute atomic E-state index is 13.1. The van der Waals surface area contributed by atoms with Gasteiger partial charge in [-0.05, 0) is 37.5 Å². The van der Waals surface area contributed by atoms with Crippen LogP contribution >= 0.6 is 0 Å². The second kappa shape index (κ2) is 6.21. The van der Waals surface area contributed by atoms with E-state index in [0.29, 0.717) is 11.3 Å². The summed E-state index contributed by atoms with van der Waals surface area (Å²) in [6, 6.07) is 3.85. The minimum Gasteiger partial charge on any atom is -0.384 e. The molecule has 0 spiro atoms. The third kappa shape index (κ3) is 3.70. The van der Waals surface area contributed by atoms with Gasteiger partial charge in [0.15, 0.2) is 0 Å². The molecule has 0 radical (unpaired) electrons. The van der Waals surface area contributed by atoms with Crippen molar-refractivity contribution < 1.29 is 14.3 Å². The van der Waals surface area contributed by atoms with Gasteiger partial charge >= 0.3 is 6.03 Å². The predicted octanol–water partition coefficient (Wildman–Crippen LogP) is 1.84. The van der Waals surface area contributed by atoms with E-state index in [1.807, 2.05) is 0 Å². The quantitative estimate of drug-likeness (QED) is 0.712. The summed E-state index contributed by atoms with van der Waals surface area (Å²) in [4.78, 5) is 11.7. The monoisotopic (exact) mass is 262 g/mol. The normalized spacial score (nSPS) is 14.0. The molecule has 0 atom stereocenters. The molecule has 2 rings (SSSR count). The standard InChI is InChI=1S/C14H15FN2O2/c15-11-6-7-13(10(9-11)3-2-8-18)17-14(19)16-12-4-1-5-12/h6-7,9,12,18H,1,4-5,8H2,(H2,16,17,19). The number of hydrogen-bond donors (Lipinski definition) is 3. The number of urea groups is 1. The van der Waals surface area contributed by atoms with Crippen molar-refractivity contribution in [3.05, 3.63) is 29.6 Å². The van der Waals surface area contributed by atoms with E-state index in [2.05, 4.69) is 22.5 Å². The van der Waals surface area contributed by atoms with Crippen LogP contribution in [0.5, 0.6) is 0 Å². The third-order valence-electron chi connectivity index (χ3n) is 2.97. The summed E-state index contributed by atoms with van der Waals surface area (Å²) in [5, 5.41) is 14.1. The molecule has 4 nitrogen and oxygen atoms in total. The molecule has 1 aliphatic carbocycles. The van der Waals surface area contributed by atoms with E-state index in [1.54, 1.807) is 0 Å². The summed E-state index contributed by atoms with van der Waals surface area (Å²) in [5.74, 6) is 4.61. The molecule has 19 heavy (non-hydrogen) atoms. The number of carbonyl (C=O) groups is 1. The van der Waals surface area contributed by atoms with E-state index in [1.165, 1.54) is 18.2 Å². The lowest BCUT2D eigenvalue weighted by molar-refractivity contribution is 0.240. The SMILES string of the molecule is O=C(Nc1ccc(F)cc1C#CCO)NC1CCC1. The zero-order valence-electron chi connectivity index (χ0n) is 10.4. The van der Waals surface area contributed by atoms with Crippen LogP contribution in [0.1, 0.15) is 24.8 Å². The second-order valence-electron chi connectivity index (χ2n) is 4.38. The summed E-state index contributed by atoms with van der Waals surface area (Å²) >= 11 is 0. The Kier molecular flexibility index (Phi) is 4.37. The van der Waals surface area contributed by atoms with Gasteiger partial charge in [0, 0.05) is 6.04 Å². The lowest BCUT2D eigenvalue weighted by Gasteiger charge is -2.26. The fourth-order valence-corrected chi connectivity index (χ4v) is 1.76. The predicted molar refractivity (Wildman–Crippen MR) is 70.2 cm³/mol. The second-order valence-corrected chi connectivity index (χ2v) is 4.38. The van der Waals surface area contributed by atoms with Crippen molar-refractivity contribution in [2.45, 2.75) is 25.3 Å². The zero-order valence-corrected chi connectivity index (χ0v) is 10.4. The van der Waals surface area contributed by atoms with Crippen LogP contribution in [-0.4, -0.2) is 23.8 Å². The van der Waals surface area contributed by atoms with Gasteiger partial charge in [0.25, 0.3) is 0 Å². The van der Waals surface area contributed by atoms with E-state index in [-0.39, 0.29) is 18.7 Å². The van der Waals surface area contributed by atoms with Gasteiger partial charge in [0.2, 0.25) is 0 Å². The molecular formula is C14H15FN2O2. The van der Waals surface area contributed by atoms with Crippen molar-refractivity contribution in [3.63, 3.8) is 0 Å². The van der Waals surface area contributed by atoms with Crippen LogP contribution in [0.2, 0.25) is 0 Å². The van der Waals surface area contributed by atoms with Gasteiger partial charge in [-0.3, -0.25) is 0 Å². The number of aliphatic hydroxyl groups is 1. The Hall–Kier alpha value is -2.06. The maximum Gasteiger partial charge on any atom is 0.319 e. The Morgan fingerprint density at radius 3 is 2.89 bits per heavy atom. The summed E-state index contributed by atoms with van der Waals surface area (Å²) in [5.41, 5.74) is 0.775. The van der Waals surface area contributed by atoms with Crippen LogP contribution in [0.15, 0.2) is 18.2 Å². The summed E-state index contributed by atoms with van der Waals surface area (Å²) < 4.78 is 13.1. The van der Waals surface area contributed by atoms with Crippen LogP contribution < -0.4 is 10.6 Å². The van der Waals surface area contributed by atoms with Gasteiger partial charge in [-0.2, -0.15) is 0 Å². The first-order valence-electron chi connectivity index (χ1n) is 6.16. The first kappa shape index (κ1) is 13.4. The Morgan fingerprint density at radius 2 is 2.26 bits per heavy atom. The minimum absolute atomic E-state index is 0.229. The van der Waals surface area contributed by atoms with Crippen LogP contribution in [0.3, 0.4) is 0 Å². The number of nitrogens with one attached hydrogen (secondary N) is 2. The zero-order chi connectivity index (χ0) is 13.7. The molecule has 3 N–H and O–H groups in total. The smallest absolute Gasteiger partial charge is 0.319 e. The molecule has 100 valence electrons. The highest BCUT2D eigenvalue weighted by atomic mass is 19.1. The first-order chi connectivity index (χ1) is 9.19. The lowest BCUT2D eigenvalue weighted by Crippen LogP contribution is -2.41. The number of aliphatic hydroxyl groups excluding tert-OH is 1. The topological polar surface area (TPSA) is 61.4 Å². The number of hydrogen-bond acceptors (Lipinski definition) is 2. The number of amides is 2. The van der Waals surface area contributed by atoms with Crippen molar-refractivity contribution >= 4 is 11.7 Å². The lowest BCUT2D eigenvalue weighted by atomic mass is 9.93. The van der Waals surface area contributed by atoms with Crippen LogP contribution in [0.4, 0.5) is 14.9 Å². The number of benzene rings is 1. The molecule has 5 heteroatoms. The summed E-state index contributed by atoms with van der Waals surface area (Å²) in [7, 11) is 0. The van der Waals surface area contributed by atoms with Crippen molar-refractivity contribution in [2.75, 3.05) is 11.9 Å². The van der Waals surface area contributed by atoms with Crippen LogP contribution in [-0.2, 0) is 0 Å². The molecular weight excluding hydrogens is 247 g/mol. The van der Waals surface area contributed by atoms with Crippen LogP contribution in [0, 0.1) is 17.7 Å². The Morgan fingerprint density at radius 1 is 1.47 bits per heavy atom. The van der Waals surface area contributed by atoms with E-state index in [9.17, 15) is 9.18 Å². The Balaban J connectivity index is 2.07. The average molecular weight is 262 g/mol. The Labute approximate surface area is 111 Å². The third-order valence-corrected chi connectivity index (χ3v) is 2.97. The molecule has 0 saturated heterocycles. The number of anilines is 1. The molecule has 1 aliphatic rings. The van der Waals surface area contributed by atoms with Gasteiger partial charge < -0.3 is 15.7 Å². The fraction of sp³-hybridized carbons (Fsp3) is 0.357. The summed E-state index contributed by atoms with van der Waals surface area (Å²) in [6.07, 6.45) is 3.12. The molecule has 1 aromatic carbocycles. The van der Waals surface area contributed by atoms with E-state index in [4.69, 9.17) is 5.11 Å². The molecule has 0 unspecified atom stereocenters. The molecule has 1 aromatic rings.